The summed E-state index contributed by atoms with van der Waals surface area (Å²) in [7, 11) is 1.79. The molecule has 2 heterocycles. The van der Waals surface area contributed by atoms with Gasteiger partial charge < -0.3 is 4.90 Å². The highest BCUT2D eigenvalue weighted by Gasteiger charge is 2.25. The van der Waals surface area contributed by atoms with Gasteiger partial charge in [0, 0.05) is 24.8 Å². The molecule has 4 aromatic rings. The van der Waals surface area contributed by atoms with E-state index in [4.69, 9.17) is 5.10 Å². The van der Waals surface area contributed by atoms with Crippen LogP contribution in [0.15, 0.2) is 60.8 Å². The van der Waals surface area contributed by atoms with Gasteiger partial charge in [-0.3, -0.25) is 4.79 Å². The van der Waals surface area contributed by atoms with Gasteiger partial charge in [0.25, 0.3) is 5.91 Å². The summed E-state index contributed by atoms with van der Waals surface area (Å²) in [6, 6.07) is 16.1. The second-order valence-corrected chi connectivity index (χ2v) is 8.54. The summed E-state index contributed by atoms with van der Waals surface area (Å²) >= 11 is 0. The summed E-state index contributed by atoms with van der Waals surface area (Å²) < 4.78 is 17.0. The number of amides is 1. The lowest BCUT2D eigenvalue weighted by Gasteiger charge is -2.19. The SMILES string of the molecule is Cc1nn(-c2ccccc2)c(C)c1CN(C)C(=O)c1cnn(-c2ccc(F)cc2)c1C(C)C. The maximum Gasteiger partial charge on any atom is 0.257 e. The smallest absolute Gasteiger partial charge is 0.257 e. The minimum absolute atomic E-state index is 0.0502. The van der Waals surface area contributed by atoms with E-state index in [1.54, 1.807) is 35.0 Å². The van der Waals surface area contributed by atoms with Crippen LogP contribution < -0.4 is 0 Å². The van der Waals surface area contributed by atoms with Crippen molar-refractivity contribution in [1.29, 1.82) is 0 Å². The van der Waals surface area contributed by atoms with Crippen molar-refractivity contribution in [3.8, 4) is 11.4 Å². The number of hydrogen-bond acceptors (Lipinski definition) is 3. The summed E-state index contributed by atoms with van der Waals surface area (Å²) in [4.78, 5) is 15.2. The van der Waals surface area contributed by atoms with Crippen molar-refractivity contribution in [3.05, 3.63) is 94.8 Å². The molecule has 0 N–H and O–H groups in total. The van der Waals surface area contributed by atoms with Gasteiger partial charge in [0.2, 0.25) is 0 Å². The van der Waals surface area contributed by atoms with Crippen molar-refractivity contribution in [2.24, 2.45) is 0 Å². The molecule has 1 amide bonds. The van der Waals surface area contributed by atoms with E-state index in [1.165, 1.54) is 12.1 Å². The van der Waals surface area contributed by atoms with Crippen molar-refractivity contribution < 1.29 is 9.18 Å². The first-order valence-electron chi connectivity index (χ1n) is 11.0. The summed E-state index contributed by atoms with van der Waals surface area (Å²) in [5.41, 5.74) is 5.96. The fraction of sp³-hybridized carbons (Fsp3) is 0.269. The second-order valence-electron chi connectivity index (χ2n) is 8.54. The lowest BCUT2D eigenvalue weighted by atomic mass is 10.0. The second kappa shape index (κ2) is 9.02. The Labute approximate surface area is 193 Å². The Morgan fingerprint density at radius 3 is 2.27 bits per heavy atom. The van der Waals surface area contributed by atoms with Crippen molar-refractivity contribution in [3.63, 3.8) is 0 Å². The molecule has 0 radical (unpaired) electrons. The van der Waals surface area contributed by atoms with Gasteiger partial charge in [-0.2, -0.15) is 10.2 Å². The van der Waals surface area contributed by atoms with Crippen LogP contribution in [0.3, 0.4) is 0 Å². The molecule has 0 aliphatic heterocycles. The van der Waals surface area contributed by atoms with Crippen molar-refractivity contribution in [1.82, 2.24) is 24.5 Å². The fourth-order valence-electron chi connectivity index (χ4n) is 4.11. The minimum atomic E-state index is -0.310. The first kappa shape index (κ1) is 22.5. The average molecular weight is 446 g/mol. The maximum absolute atomic E-state index is 13.5. The van der Waals surface area contributed by atoms with Gasteiger partial charge in [-0.05, 0) is 56.2 Å². The van der Waals surface area contributed by atoms with Crippen LogP contribution in [0.5, 0.6) is 0 Å². The zero-order valence-electron chi connectivity index (χ0n) is 19.6. The highest BCUT2D eigenvalue weighted by atomic mass is 19.1. The summed E-state index contributed by atoms with van der Waals surface area (Å²) in [5, 5.41) is 9.15. The van der Waals surface area contributed by atoms with E-state index in [2.05, 4.69) is 5.10 Å². The van der Waals surface area contributed by atoms with Gasteiger partial charge >= 0.3 is 0 Å². The molecule has 2 aromatic heterocycles. The van der Waals surface area contributed by atoms with E-state index in [1.807, 2.05) is 62.7 Å². The van der Waals surface area contributed by atoms with Crippen molar-refractivity contribution in [2.45, 2.75) is 40.2 Å². The molecule has 4 rings (SSSR count). The first-order valence-corrected chi connectivity index (χ1v) is 11.0. The lowest BCUT2D eigenvalue weighted by Crippen LogP contribution is -2.27. The minimum Gasteiger partial charge on any atom is -0.337 e. The van der Waals surface area contributed by atoms with E-state index in [9.17, 15) is 9.18 Å². The molecule has 170 valence electrons. The molecule has 0 saturated carbocycles. The molecule has 0 unspecified atom stereocenters. The molecule has 0 fully saturated rings. The predicted octanol–water partition coefficient (Wildman–Crippen LogP) is 5.21. The molecule has 0 aliphatic carbocycles. The molecule has 0 aliphatic rings. The molecule has 0 atom stereocenters. The van der Waals surface area contributed by atoms with Crippen molar-refractivity contribution in [2.75, 3.05) is 7.05 Å². The van der Waals surface area contributed by atoms with Crippen molar-refractivity contribution >= 4 is 5.91 Å². The normalized spacial score (nSPS) is 11.2. The van der Waals surface area contributed by atoms with E-state index in [0.717, 1.165) is 34.0 Å². The molecular formula is C26H28FN5O. The number of aromatic nitrogens is 4. The number of rotatable bonds is 6. The Hall–Kier alpha value is -3.74. The maximum atomic E-state index is 13.5. The van der Waals surface area contributed by atoms with Gasteiger partial charge in [-0.1, -0.05) is 32.0 Å². The first-order chi connectivity index (χ1) is 15.8. The molecule has 0 bridgehead atoms. The lowest BCUT2D eigenvalue weighted by molar-refractivity contribution is 0.0783. The third-order valence-corrected chi connectivity index (χ3v) is 5.84. The van der Waals surface area contributed by atoms with E-state index >= 15 is 0 Å². The molecule has 6 nitrogen and oxygen atoms in total. The highest BCUT2D eigenvalue weighted by Crippen LogP contribution is 2.26. The fourth-order valence-corrected chi connectivity index (χ4v) is 4.11. The summed E-state index contributed by atoms with van der Waals surface area (Å²) in [6.45, 7) is 8.46. The number of benzene rings is 2. The number of carbonyl (C=O) groups is 1. The predicted molar refractivity (Wildman–Crippen MR) is 126 cm³/mol. The van der Waals surface area contributed by atoms with Crippen LogP contribution in [0.4, 0.5) is 4.39 Å². The molecule has 0 spiro atoms. The van der Waals surface area contributed by atoms with Crippen LogP contribution in [0.25, 0.3) is 11.4 Å². The topological polar surface area (TPSA) is 56.0 Å². The zero-order chi connectivity index (χ0) is 23.7. The monoisotopic (exact) mass is 445 g/mol. The van der Waals surface area contributed by atoms with Crippen LogP contribution in [-0.4, -0.2) is 37.4 Å². The number of halogens is 1. The molecule has 0 saturated heterocycles. The quantitative estimate of drug-likeness (QED) is 0.409. The Morgan fingerprint density at radius 2 is 1.64 bits per heavy atom. The van der Waals surface area contributed by atoms with Gasteiger partial charge in [-0.15, -0.1) is 0 Å². The number of para-hydroxylation sites is 1. The molecule has 2 aromatic carbocycles. The molecule has 7 heteroatoms. The summed E-state index contributed by atoms with van der Waals surface area (Å²) in [5.74, 6) is -0.373. The van der Waals surface area contributed by atoms with Crippen LogP contribution in [-0.2, 0) is 6.54 Å². The summed E-state index contributed by atoms with van der Waals surface area (Å²) in [6.07, 6.45) is 1.60. The largest absolute Gasteiger partial charge is 0.337 e. The number of aryl methyl sites for hydroxylation is 1. The highest BCUT2D eigenvalue weighted by molar-refractivity contribution is 5.95. The van der Waals surface area contributed by atoms with E-state index in [-0.39, 0.29) is 17.6 Å². The van der Waals surface area contributed by atoms with Gasteiger partial charge in [0.15, 0.2) is 0 Å². The van der Waals surface area contributed by atoms with Crippen LogP contribution in [0.1, 0.15) is 52.8 Å². The van der Waals surface area contributed by atoms with E-state index in [0.29, 0.717) is 12.1 Å². The Bertz CT molecular complexity index is 1270. The Morgan fingerprint density at radius 1 is 1.00 bits per heavy atom. The van der Waals surface area contributed by atoms with E-state index < -0.39 is 0 Å². The number of hydrogen-bond donors (Lipinski definition) is 0. The third-order valence-electron chi connectivity index (χ3n) is 5.84. The van der Waals surface area contributed by atoms with Gasteiger partial charge in [0.05, 0.1) is 34.5 Å². The number of nitrogens with zero attached hydrogens (tertiary/aromatic N) is 5. The Balaban J connectivity index is 1.63. The molecule has 33 heavy (non-hydrogen) atoms. The van der Waals surface area contributed by atoms with Gasteiger partial charge in [-0.25, -0.2) is 13.8 Å². The van der Waals surface area contributed by atoms with Gasteiger partial charge in [0.1, 0.15) is 5.82 Å². The number of carbonyl (C=O) groups excluding carboxylic acids is 1. The Kier molecular flexibility index (Phi) is 6.14. The third kappa shape index (κ3) is 4.31. The molecular weight excluding hydrogens is 417 g/mol. The van der Waals surface area contributed by atoms with Crippen LogP contribution in [0, 0.1) is 19.7 Å². The average Bonchev–Trinajstić information content (AvgIpc) is 3.37. The zero-order valence-corrected chi connectivity index (χ0v) is 19.6. The van der Waals surface area contributed by atoms with Crippen LogP contribution >= 0.6 is 0 Å². The standard InChI is InChI=1S/C26H28FN5O/c1-17(2)25-23(15-28-32(25)22-13-11-20(27)12-14-22)26(33)30(5)16-24-18(3)29-31(19(24)4)21-9-7-6-8-10-21/h6-15,17H,16H2,1-5H3. The van der Waals surface area contributed by atoms with Crippen LogP contribution in [0.2, 0.25) is 0 Å².